The number of H-pyrrole nitrogens is 1. The molecule has 0 aliphatic heterocycles. The number of carbonyl (C=O) groups is 2. The van der Waals surface area contributed by atoms with E-state index in [0.717, 1.165) is 35.1 Å². The molecule has 0 bridgehead atoms. The number of esters is 1. The number of ether oxygens (including phenoxy) is 3. The summed E-state index contributed by atoms with van der Waals surface area (Å²) in [5, 5.41) is 14.6. The predicted molar refractivity (Wildman–Crippen MR) is 143 cm³/mol. The summed E-state index contributed by atoms with van der Waals surface area (Å²) in [5.41, 5.74) is 3.62. The summed E-state index contributed by atoms with van der Waals surface area (Å²) in [7, 11) is 0. The van der Waals surface area contributed by atoms with Crippen molar-refractivity contribution in [1.29, 1.82) is 0 Å². The zero-order chi connectivity index (χ0) is 27.8. The van der Waals surface area contributed by atoms with Crippen LogP contribution >= 0.6 is 11.6 Å². The van der Waals surface area contributed by atoms with Gasteiger partial charge in [0.2, 0.25) is 12.1 Å². The van der Waals surface area contributed by atoms with Crippen molar-refractivity contribution in [3.63, 3.8) is 0 Å². The largest absolute Gasteiger partial charge is 0.511 e. The zero-order valence-electron chi connectivity index (χ0n) is 21.9. The molecule has 4 aromatic rings. The van der Waals surface area contributed by atoms with Crippen LogP contribution in [0.1, 0.15) is 55.5 Å². The van der Waals surface area contributed by atoms with Gasteiger partial charge in [-0.3, -0.25) is 0 Å². The number of tetrazole rings is 1. The highest BCUT2D eigenvalue weighted by atomic mass is 35.5. The van der Waals surface area contributed by atoms with E-state index >= 15 is 0 Å². The number of nitrogens with one attached hydrogen (secondary N) is 1. The van der Waals surface area contributed by atoms with Crippen LogP contribution in [0.2, 0.25) is 5.15 Å². The molecule has 0 aliphatic rings. The Morgan fingerprint density at radius 1 is 1.08 bits per heavy atom. The molecule has 1 atom stereocenters. The number of aryl methyl sites for hydroxylation is 1. The van der Waals surface area contributed by atoms with E-state index in [2.05, 4.69) is 32.5 Å². The van der Waals surface area contributed by atoms with Crippen LogP contribution in [0, 0.1) is 0 Å². The van der Waals surface area contributed by atoms with Crippen molar-refractivity contribution in [2.75, 3.05) is 6.61 Å². The van der Waals surface area contributed by atoms with Gasteiger partial charge in [0.15, 0.2) is 10.8 Å². The van der Waals surface area contributed by atoms with Crippen LogP contribution < -0.4 is 0 Å². The Balaban J connectivity index is 1.69. The maximum atomic E-state index is 13.2. The van der Waals surface area contributed by atoms with Gasteiger partial charge in [-0.1, -0.05) is 67.4 Å². The van der Waals surface area contributed by atoms with Gasteiger partial charge in [-0.15, -0.1) is 10.2 Å². The van der Waals surface area contributed by atoms with E-state index < -0.39 is 18.4 Å². The predicted octanol–water partition coefficient (Wildman–Crippen LogP) is 5.45. The second-order valence-corrected chi connectivity index (χ2v) is 8.97. The van der Waals surface area contributed by atoms with Gasteiger partial charge in [-0.25, -0.2) is 14.6 Å². The molecule has 2 heterocycles. The Hall–Kier alpha value is -4.25. The van der Waals surface area contributed by atoms with Gasteiger partial charge in [0.25, 0.3) is 0 Å². The van der Waals surface area contributed by atoms with E-state index in [9.17, 15) is 9.59 Å². The van der Waals surface area contributed by atoms with E-state index in [1.807, 2.05) is 48.5 Å². The first-order chi connectivity index (χ1) is 18.9. The highest BCUT2D eigenvalue weighted by Crippen LogP contribution is 2.32. The zero-order valence-corrected chi connectivity index (χ0v) is 22.6. The molecular weight excluding hydrogens is 524 g/mol. The van der Waals surface area contributed by atoms with Crippen molar-refractivity contribution >= 4 is 23.7 Å². The molecule has 1 unspecified atom stereocenters. The molecule has 11 nitrogen and oxygen atoms in total. The van der Waals surface area contributed by atoms with Crippen molar-refractivity contribution < 1.29 is 23.8 Å². The third kappa shape index (κ3) is 6.80. The molecule has 2 aromatic carbocycles. The number of carbonyl (C=O) groups excluding carboxylic acids is 2. The number of aromatic nitrogens is 6. The van der Waals surface area contributed by atoms with Crippen LogP contribution in [-0.2, 0) is 27.2 Å². The number of nitrogens with zero attached hydrogens (tertiary/aromatic N) is 5. The second-order valence-electron chi connectivity index (χ2n) is 8.61. The molecular formula is C27H29ClN6O5. The maximum Gasteiger partial charge on any atom is 0.511 e. The van der Waals surface area contributed by atoms with Gasteiger partial charge in [0, 0.05) is 25.5 Å². The fourth-order valence-electron chi connectivity index (χ4n) is 4.08. The Morgan fingerprint density at radius 3 is 2.56 bits per heavy atom. The fraction of sp³-hybridized carbons (Fsp3) is 0.333. The Kier molecular flexibility index (Phi) is 9.27. The summed E-state index contributed by atoms with van der Waals surface area (Å²) in [6.07, 6.45) is 0.268. The molecule has 0 amide bonds. The average Bonchev–Trinajstić information content (AvgIpc) is 3.56. The van der Waals surface area contributed by atoms with Gasteiger partial charge in [-0.2, -0.15) is 5.21 Å². The second kappa shape index (κ2) is 13.0. The number of benzene rings is 2. The Labute approximate surface area is 230 Å². The standard InChI is InChI=1S/C27H29ClN6O5/c1-4-6-12-22-29-24(28)23(26(35)38-17(3)39-27(36)37-5-2)34(22)16-18-13-14-20(19-10-8-7-9-11-19)21(15-18)25-30-32-33-31-25/h7-11,13-15,17H,4-6,12,16H2,1-3H3,(H,30,31,32,33). The fourth-order valence-corrected chi connectivity index (χ4v) is 4.35. The molecule has 12 heteroatoms. The monoisotopic (exact) mass is 552 g/mol. The number of rotatable bonds is 11. The minimum Gasteiger partial charge on any atom is -0.435 e. The highest BCUT2D eigenvalue weighted by Gasteiger charge is 2.26. The lowest BCUT2D eigenvalue weighted by atomic mass is 9.97. The normalized spacial score (nSPS) is 11.7. The van der Waals surface area contributed by atoms with E-state index in [1.54, 1.807) is 11.5 Å². The van der Waals surface area contributed by atoms with Crippen molar-refractivity contribution in [3.05, 3.63) is 70.8 Å². The molecule has 39 heavy (non-hydrogen) atoms. The van der Waals surface area contributed by atoms with Crippen LogP contribution in [0.25, 0.3) is 22.5 Å². The lowest BCUT2D eigenvalue weighted by Crippen LogP contribution is -2.24. The van der Waals surface area contributed by atoms with Crippen molar-refractivity contribution in [3.8, 4) is 22.5 Å². The molecule has 0 aliphatic carbocycles. The van der Waals surface area contributed by atoms with Crippen LogP contribution in [0.3, 0.4) is 0 Å². The van der Waals surface area contributed by atoms with Gasteiger partial charge in [0.05, 0.1) is 6.61 Å². The Bertz CT molecular complexity index is 1410. The summed E-state index contributed by atoms with van der Waals surface area (Å²) in [6.45, 7) is 5.54. The van der Waals surface area contributed by atoms with Crippen molar-refractivity contribution in [1.82, 2.24) is 30.2 Å². The number of halogens is 1. The molecule has 0 radical (unpaired) electrons. The van der Waals surface area contributed by atoms with Gasteiger partial charge >= 0.3 is 12.1 Å². The summed E-state index contributed by atoms with van der Waals surface area (Å²) in [4.78, 5) is 29.3. The first kappa shape index (κ1) is 27.8. The lowest BCUT2D eigenvalue weighted by Gasteiger charge is -2.16. The molecule has 4 rings (SSSR count). The topological polar surface area (TPSA) is 134 Å². The number of hydrogen-bond acceptors (Lipinski definition) is 9. The third-order valence-electron chi connectivity index (χ3n) is 5.84. The summed E-state index contributed by atoms with van der Waals surface area (Å²) >= 11 is 6.45. The lowest BCUT2D eigenvalue weighted by molar-refractivity contribution is -0.0815. The Morgan fingerprint density at radius 2 is 1.87 bits per heavy atom. The minimum absolute atomic E-state index is 0.00809. The first-order valence-corrected chi connectivity index (χ1v) is 13.0. The number of hydrogen-bond donors (Lipinski definition) is 1. The number of aromatic amines is 1. The van der Waals surface area contributed by atoms with Crippen molar-refractivity contribution in [2.24, 2.45) is 0 Å². The SMILES string of the molecule is CCCCc1nc(Cl)c(C(=O)OC(C)OC(=O)OCC)n1Cc1ccc(-c2ccccc2)c(-c2nn[nH]n2)c1. The molecule has 0 fully saturated rings. The number of unbranched alkanes of at least 4 members (excludes halogenated alkanes) is 1. The summed E-state index contributed by atoms with van der Waals surface area (Å²) < 4.78 is 16.8. The molecule has 0 saturated heterocycles. The average molecular weight is 553 g/mol. The quantitative estimate of drug-likeness (QED) is 0.190. The molecule has 204 valence electrons. The van der Waals surface area contributed by atoms with Crippen molar-refractivity contribution in [2.45, 2.75) is 52.9 Å². The number of imidazole rings is 1. The third-order valence-corrected chi connectivity index (χ3v) is 6.11. The highest BCUT2D eigenvalue weighted by molar-refractivity contribution is 6.32. The molecule has 1 N–H and O–H groups in total. The first-order valence-electron chi connectivity index (χ1n) is 12.6. The molecule has 0 spiro atoms. The summed E-state index contributed by atoms with van der Waals surface area (Å²) in [5.74, 6) is 0.308. The van der Waals surface area contributed by atoms with E-state index in [0.29, 0.717) is 18.1 Å². The van der Waals surface area contributed by atoms with Gasteiger partial charge in [0.1, 0.15) is 5.82 Å². The van der Waals surface area contributed by atoms with Crippen LogP contribution in [0.5, 0.6) is 0 Å². The van der Waals surface area contributed by atoms with Crippen LogP contribution in [0.15, 0.2) is 48.5 Å². The molecule has 0 saturated carbocycles. The van der Waals surface area contributed by atoms with Crippen LogP contribution in [-0.4, -0.2) is 55.2 Å². The van der Waals surface area contributed by atoms with E-state index in [1.165, 1.54) is 6.92 Å². The van der Waals surface area contributed by atoms with Gasteiger partial charge in [-0.05, 0) is 41.3 Å². The minimum atomic E-state index is -1.19. The maximum absolute atomic E-state index is 13.2. The van der Waals surface area contributed by atoms with E-state index in [4.69, 9.17) is 25.8 Å². The smallest absolute Gasteiger partial charge is 0.435 e. The summed E-state index contributed by atoms with van der Waals surface area (Å²) in [6, 6.07) is 15.8. The van der Waals surface area contributed by atoms with E-state index in [-0.39, 0.29) is 24.0 Å². The molecule has 2 aromatic heterocycles. The van der Waals surface area contributed by atoms with Gasteiger partial charge < -0.3 is 18.8 Å². The van der Waals surface area contributed by atoms with Crippen LogP contribution in [0.4, 0.5) is 4.79 Å².